The molecule has 0 bridgehead atoms. The summed E-state index contributed by atoms with van der Waals surface area (Å²) in [5.41, 5.74) is -0.536. The molecule has 2 unspecified atom stereocenters. The van der Waals surface area contributed by atoms with E-state index < -0.39 is 17.2 Å². The van der Waals surface area contributed by atoms with Crippen molar-refractivity contribution in [3.63, 3.8) is 0 Å². The van der Waals surface area contributed by atoms with E-state index in [1.165, 1.54) is 6.20 Å². The van der Waals surface area contributed by atoms with Gasteiger partial charge < -0.3 is 15.0 Å². The Morgan fingerprint density at radius 1 is 1.42 bits per heavy atom. The second-order valence-corrected chi connectivity index (χ2v) is 6.67. The number of nitrogens with zero attached hydrogens (tertiary/aromatic N) is 3. The molecule has 2 aromatic rings. The van der Waals surface area contributed by atoms with E-state index in [2.05, 4.69) is 15.3 Å². The Balaban J connectivity index is 1.84. The van der Waals surface area contributed by atoms with Crippen molar-refractivity contribution < 1.29 is 13.5 Å². The number of benzene rings is 1. The number of ether oxygens (including phenoxy) is 1. The molecule has 0 spiro atoms. The van der Waals surface area contributed by atoms with E-state index in [1.807, 2.05) is 14.0 Å². The summed E-state index contributed by atoms with van der Waals surface area (Å²) >= 11 is 6.16. The number of anilines is 1. The summed E-state index contributed by atoms with van der Waals surface area (Å²) in [4.78, 5) is 14.6. The van der Waals surface area contributed by atoms with Crippen molar-refractivity contribution in [1.82, 2.24) is 14.7 Å². The lowest BCUT2D eigenvalue weighted by Gasteiger charge is -2.34. The van der Waals surface area contributed by atoms with Gasteiger partial charge in [0.15, 0.2) is 5.82 Å². The van der Waals surface area contributed by atoms with Gasteiger partial charge in [0.05, 0.1) is 30.6 Å². The third-order valence-corrected chi connectivity index (χ3v) is 4.66. The fourth-order valence-corrected chi connectivity index (χ4v) is 2.99. The first-order valence-corrected chi connectivity index (χ1v) is 8.54. The van der Waals surface area contributed by atoms with Crippen LogP contribution in [0.15, 0.2) is 29.2 Å². The van der Waals surface area contributed by atoms with Gasteiger partial charge in [-0.3, -0.25) is 4.79 Å². The van der Waals surface area contributed by atoms with Crippen molar-refractivity contribution >= 4 is 17.3 Å². The van der Waals surface area contributed by atoms with E-state index in [1.54, 1.807) is 0 Å². The molecule has 3 rings (SSSR count). The first-order chi connectivity index (χ1) is 12.4. The van der Waals surface area contributed by atoms with Gasteiger partial charge in [-0.15, -0.1) is 0 Å². The summed E-state index contributed by atoms with van der Waals surface area (Å²) in [6, 6.07) is 2.75. The van der Waals surface area contributed by atoms with Crippen LogP contribution in [0.4, 0.5) is 14.5 Å². The molecule has 2 heterocycles. The fraction of sp³-hybridized carbons (Fsp3) is 0.412. The maximum absolute atomic E-state index is 13.9. The first-order valence-electron chi connectivity index (χ1n) is 8.16. The van der Waals surface area contributed by atoms with Crippen LogP contribution in [0.1, 0.15) is 6.92 Å². The highest BCUT2D eigenvalue weighted by Crippen LogP contribution is 2.21. The summed E-state index contributed by atoms with van der Waals surface area (Å²) in [5, 5.41) is 6.96. The van der Waals surface area contributed by atoms with Crippen molar-refractivity contribution in [1.29, 1.82) is 0 Å². The van der Waals surface area contributed by atoms with Gasteiger partial charge >= 0.3 is 0 Å². The van der Waals surface area contributed by atoms with Crippen LogP contribution in [0.25, 0.3) is 5.69 Å². The monoisotopic (exact) mass is 384 g/mol. The Kier molecular flexibility index (Phi) is 5.55. The van der Waals surface area contributed by atoms with Crippen LogP contribution in [0.3, 0.4) is 0 Å². The van der Waals surface area contributed by atoms with Crippen LogP contribution in [0, 0.1) is 11.6 Å². The average molecular weight is 385 g/mol. The van der Waals surface area contributed by atoms with Crippen LogP contribution in [-0.2, 0) is 4.74 Å². The van der Waals surface area contributed by atoms with Crippen LogP contribution >= 0.6 is 11.6 Å². The van der Waals surface area contributed by atoms with Crippen molar-refractivity contribution in [2.75, 3.05) is 32.1 Å². The standard InChI is InChI=1S/C17H19ClF2N4O2/c1-10(15-9-23(2)5-6-26-15)22-13-8-21-24(17(25)16(13)18)14-4-3-11(19)7-12(14)20/h3-4,7-8,10,15,22H,5-6,9H2,1-2H3. The maximum atomic E-state index is 13.9. The van der Waals surface area contributed by atoms with Crippen molar-refractivity contribution in [2.45, 2.75) is 19.1 Å². The lowest BCUT2D eigenvalue weighted by atomic mass is 10.1. The molecule has 1 aromatic heterocycles. The molecule has 1 aliphatic rings. The molecule has 0 saturated carbocycles. The summed E-state index contributed by atoms with van der Waals surface area (Å²) in [7, 11) is 2.01. The summed E-state index contributed by atoms with van der Waals surface area (Å²) in [6.07, 6.45) is 1.28. The zero-order valence-corrected chi connectivity index (χ0v) is 15.1. The minimum absolute atomic E-state index is 0.0678. The molecular weight excluding hydrogens is 366 g/mol. The molecule has 2 atom stereocenters. The van der Waals surface area contributed by atoms with Crippen molar-refractivity contribution in [3.05, 3.63) is 51.4 Å². The second-order valence-electron chi connectivity index (χ2n) is 6.29. The molecule has 1 aromatic carbocycles. The minimum atomic E-state index is -0.900. The predicted molar refractivity (Wildman–Crippen MR) is 95.1 cm³/mol. The average Bonchev–Trinajstić information content (AvgIpc) is 2.60. The molecule has 1 N–H and O–H groups in total. The van der Waals surface area contributed by atoms with Gasteiger partial charge in [-0.05, 0) is 26.1 Å². The van der Waals surface area contributed by atoms with Crippen LogP contribution < -0.4 is 10.9 Å². The Labute approximate surface area is 154 Å². The number of halogens is 3. The molecular formula is C17H19ClF2N4O2. The highest BCUT2D eigenvalue weighted by atomic mass is 35.5. The topological polar surface area (TPSA) is 59.4 Å². The summed E-state index contributed by atoms with van der Waals surface area (Å²) in [6.45, 7) is 4.16. The third-order valence-electron chi connectivity index (χ3n) is 4.29. The van der Waals surface area contributed by atoms with Gasteiger partial charge in [0.1, 0.15) is 16.5 Å². The molecule has 26 heavy (non-hydrogen) atoms. The van der Waals surface area contributed by atoms with E-state index in [-0.39, 0.29) is 22.9 Å². The predicted octanol–water partition coefficient (Wildman–Crippen LogP) is 2.30. The summed E-state index contributed by atoms with van der Waals surface area (Å²) in [5.74, 6) is -1.64. The Morgan fingerprint density at radius 3 is 2.88 bits per heavy atom. The fourth-order valence-electron chi connectivity index (χ4n) is 2.81. The van der Waals surface area contributed by atoms with Gasteiger partial charge in [-0.25, -0.2) is 8.78 Å². The number of likely N-dealkylation sites (N-methyl/N-ethyl adjacent to an activating group) is 1. The maximum Gasteiger partial charge on any atom is 0.292 e. The zero-order valence-electron chi connectivity index (χ0n) is 14.4. The van der Waals surface area contributed by atoms with Gasteiger partial charge in [-0.2, -0.15) is 9.78 Å². The first kappa shape index (κ1) is 18.8. The van der Waals surface area contributed by atoms with E-state index in [9.17, 15) is 13.6 Å². The van der Waals surface area contributed by atoms with E-state index in [0.29, 0.717) is 18.4 Å². The lowest BCUT2D eigenvalue weighted by molar-refractivity contribution is -0.0259. The Bertz CT molecular complexity index is 861. The van der Waals surface area contributed by atoms with Gasteiger partial charge in [-0.1, -0.05) is 11.6 Å². The Hall–Kier alpha value is -2.03. The van der Waals surface area contributed by atoms with Crippen LogP contribution in [0.2, 0.25) is 5.02 Å². The largest absolute Gasteiger partial charge is 0.377 e. The molecule has 1 aliphatic heterocycles. The molecule has 0 radical (unpaired) electrons. The molecule has 140 valence electrons. The molecule has 0 amide bonds. The smallest absolute Gasteiger partial charge is 0.292 e. The van der Waals surface area contributed by atoms with E-state index >= 15 is 0 Å². The highest BCUT2D eigenvalue weighted by molar-refractivity contribution is 6.32. The lowest BCUT2D eigenvalue weighted by Crippen LogP contribution is -2.47. The number of nitrogens with one attached hydrogen (secondary N) is 1. The highest BCUT2D eigenvalue weighted by Gasteiger charge is 2.25. The minimum Gasteiger partial charge on any atom is -0.377 e. The van der Waals surface area contributed by atoms with Crippen molar-refractivity contribution in [3.8, 4) is 5.69 Å². The Morgan fingerprint density at radius 2 is 2.19 bits per heavy atom. The molecule has 0 aliphatic carbocycles. The number of morpholine rings is 1. The third kappa shape index (κ3) is 3.87. The quantitative estimate of drug-likeness (QED) is 0.876. The molecule has 9 heteroatoms. The molecule has 6 nitrogen and oxygen atoms in total. The number of aromatic nitrogens is 2. The van der Waals surface area contributed by atoms with E-state index in [4.69, 9.17) is 16.3 Å². The van der Waals surface area contributed by atoms with Gasteiger partial charge in [0.2, 0.25) is 0 Å². The van der Waals surface area contributed by atoms with Crippen LogP contribution in [0.5, 0.6) is 0 Å². The van der Waals surface area contributed by atoms with E-state index in [0.717, 1.165) is 29.9 Å². The number of hydrogen-bond acceptors (Lipinski definition) is 5. The van der Waals surface area contributed by atoms with Gasteiger partial charge in [0, 0.05) is 19.2 Å². The molecule has 1 fully saturated rings. The zero-order chi connectivity index (χ0) is 18.8. The number of rotatable bonds is 4. The van der Waals surface area contributed by atoms with Crippen LogP contribution in [-0.4, -0.2) is 53.6 Å². The second kappa shape index (κ2) is 7.69. The van der Waals surface area contributed by atoms with Crippen molar-refractivity contribution in [2.24, 2.45) is 0 Å². The SMILES string of the molecule is CC(Nc1cnn(-c2ccc(F)cc2F)c(=O)c1Cl)C1CN(C)CCO1. The summed E-state index contributed by atoms with van der Waals surface area (Å²) < 4.78 is 33.5. The molecule has 1 saturated heterocycles. The van der Waals surface area contributed by atoms with Gasteiger partial charge in [0.25, 0.3) is 5.56 Å². The normalized spacial score (nSPS) is 19.3. The number of hydrogen-bond donors (Lipinski definition) is 1.